The van der Waals surface area contributed by atoms with Gasteiger partial charge in [-0.3, -0.25) is 4.79 Å². The van der Waals surface area contributed by atoms with Crippen LogP contribution >= 0.6 is 0 Å². The minimum Gasteiger partial charge on any atom is -0.481 e. The van der Waals surface area contributed by atoms with Crippen LogP contribution in [0.2, 0.25) is 0 Å². The number of hydrogen-bond acceptors (Lipinski definition) is 7. The molecule has 0 bridgehead atoms. The Bertz CT molecular complexity index is 1200. The number of nitrogens with zero attached hydrogens (tertiary/aromatic N) is 3. The molecule has 0 aliphatic carbocycles. The summed E-state index contributed by atoms with van der Waals surface area (Å²) in [7, 11) is -2.22. The average Bonchev–Trinajstić information content (AvgIpc) is 2.75. The summed E-state index contributed by atoms with van der Waals surface area (Å²) in [4.78, 5) is 20.5. The Labute approximate surface area is 211 Å². The number of hydrogen-bond donors (Lipinski definition) is 1. The quantitative estimate of drug-likeness (QED) is 0.521. The summed E-state index contributed by atoms with van der Waals surface area (Å²) in [6, 6.07) is 5.87. The smallest absolute Gasteiger partial charge is 0.305 e. The number of sulfonamides is 1. The minimum absolute atomic E-state index is 0.0363. The molecule has 1 fully saturated rings. The molecular formula is C25H34FN3O6S. The first-order chi connectivity index (χ1) is 16.7. The molecule has 1 aromatic carbocycles. The third kappa shape index (κ3) is 6.98. The molecule has 1 aliphatic rings. The molecule has 1 saturated heterocycles. The monoisotopic (exact) mass is 523 g/mol. The lowest BCUT2D eigenvalue weighted by atomic mass is 9.92. The highest BCUT2D eigenvalue weighted by Crippen LogP contribution is 2.34. The molecule has 0 amide bonds. The van der Waals surface area contributed by atoms with Crippen LogP contribution in [0.1, 0.15) is 64.1 Å². The van der Waals surface area contributed by atoms with Crippen LogP contribution in [0.5, 0.6) is 0 Å². The molecule has 0 spiro atoms. The van der Waals surface area contributed by atoms with Gasteiger partial charge in [-0.15, -0.1) is 0 Å². The first kappa shape index (κ1) is 27.9. The van der Waals surface area contributed by atoms with Gasteiger partial charge in [-0.05, 0) is 56.9 Å². The van der Waals surface area contributed by atoms with Crippen molar-refractivity contribution < 1.29 is 32.2 Å². The normalized spacial score (nSPS) is 19.9. The second-order valence-electron chi connectivity index (χ2n) is 9.88. The Morgan fingerprint density at radius 2 is 1.81 bits per heavy atom. The standard InChI is InChI=1S/C25H34FN3O6S/c1-15(2)22-20(12-11-18-13-19(14-21(30)31)35-25(3,4)34-18)23(16-7-9-17(26)10-8-16)28-24(27-22)29(5)36(6,32)33/h7-10,15,18-19H,11-14H2,1-6H3,(H,30,31)/t18-,19-/m1/s1. The van der Waals surface area contributed by atoms with Crippen molar-refractivity contribution in [2.24, 2.45) is 0 Å². The lowest BCUT2D eigenvalue weighted by Crippen LogP contribution is -2.45. The van der Waals surface area contributed by atoms with E-state index in [2.05, 4.69) is 9.97 Å². The third-order valence-electron chi connectivity index (χ3n) is 6.02. The van der Waals surface area contributed by atoms with Gasteiger partial charge in [-0.2, -0.15) is 0 Å². The van der Waals surface area contributed by atoms with E-state index in [-0.39, 0.29) is 24.4 Å². The van der Waals surface area contributed by atoms with E-state index < -0.39 is 33.7 Å². The van der Waals surface area contributed by atoms with Crippen molar-refractivity contribution in [1.82, 2.24) is 9.97 Å². The zero-order valence-electron chi connectivity index (χ0n) is 21.5. The van der Waals surface area contributed by atoms with E-state index in [4.69, 9.17) is 9.47 Å². The predicted octanol–water partition coefficient (Wildman–Crippen LogP) is 4.12. The van der Waals surface area contributed by atoms with Crippen LogP contribution in [-0.4, -0.2) is 60.8 Å². The topological polar surface area (TPSA) is 119 Å². The summed E-state index contributed by atoms with van der Waals surface area (Å²) in [5, 5.41) is 9.23. The first-order valence-electron chi connectivity index (χ1n) is 11.8. The highest BCUT2D eigenvalue weighted by Gasteiger charge is 2.36. The van der Waals surface area contributed by atoms with Crippen molar-refractivity contribution in [1.29, 1.82) is 0 Å². The van der Waals surface area contributed by atoms with E-state index in [0.717, 1.165) is 16.1 Å². The molecule has 0 unspecified atom stereocenters. The minimum atomic E-state index is -3.61. The molecule has 9 nitrogen and oxygen atoms in total. The number of aliphatic carboxylic acids is 1. The number of rotatable bonds is 9. The van der Waals surface area contributed by atoms with Crippen LogP contribution < -0.4 is 4.31 Å². The van der Waals surface area contributed by atoms with Gasteiger partial charge in [0.25, 0.3) is 0 Å². The highest BCUT2D eigenvalue weighted by molar-refractivity contribution is 7.92. The van der Waals surface area contributed by atoms with Crippen LogP contribution in [0.25, 0.3) is 11.3 Å². The number of halogens is 1. The first-order valence-corrected chi connectivity index (χ1v) is 13.7. The average molecular weight is 524 g/mol. The fourth-order valence-corrected chi connectivity index (χ4v) is 4.75. The molecule has 1 aromatic heterocycles. The van der Waals surface area contributed by atoms with Gasteiger partial charge in [-0.1, -0.05) is 13.8 Å². The van der Waals surface area contributed by atoms with Crippen LogP contribution in [0.4, 0.5) is 10.3 Å². The van der Waals surface area contributed by atoms with Gasteiger partial charge < -0.3 is 14.6 Å². The highest BCUT2D eigenvalue weighted by atomic mass is 32.2. The molecule has 11 heteroatoms. The number of aromatic nitrogens is 2. The van der Waals surface area contributed by atoms with Crippen LogP contribution in [0.15, 0.2) is 24.3 Å². The molecule has 3 rings (SSSR count). The number of benzene rings is 1. The number of carboxylic acids is 1. The summed E-state index contributed by atoms with van der Waals surface area (Å²) >= 11 is 0. The second kappa shape index (κ2) is 10.8. The number of ether oxygens (including phenoxy) is 2. The molecule has 2 atom stereocenters. The molecular weight excluding hydrogens is 489 g/mol. The summed E-state index contributed by atoms with van der Waals surface area (Å²) < 4.78 is 51.0. The van der Waals surface area contributed by atoms with Gasteiger partial charge in [0, 0.05) is 24.6 Å². The van der Waals surface area contributed by atoms with E-state index >= 15 is 0 Å². The van der Waals surface area contributed by atoms with Crippen molar-refractivity contribution in [3.05, 3.63) is 41.3 Å². The largest absolute Gasteiger partial charge is 0.481 e. The maximum absolute atomic E-state index is 13.7. The molecule has 2 aromatic rings. The summed E-state index contributed by atoms with van der Waals surface area (Å²) in [5.74, 6) is -2.28. The van der Waals surface area contributed by atoms with Gasteiger partial charge in [0.05, 0.1) is 36.3 Å². The molecule has 1 N–H and O–H groups in total. The predicted molar refractivity (Wildman–Crippen MR) is 134 cm³/mol. The van der Waals surface area contributed by atoms with Crippen molar-refractivity contribution in [3.63, 3.8) is 0 Å². The van der Waals surface area contributed by atoms with Gasteiger partial charge >= 0.3 is 5.97 Å². The zero-order chi connectivity index (χ0) is 26.8. The van der Waals surface area contributed by atoms with Gasteiger partial charge in [0.15, 0.2) is 5.79 Å². The van der Waals surface area contributed by atoms with Crippen molar-refractivity contribution in [2.45, 2.75) is 77.3 Å². The molecule has 1 aliphatic heterocycles. The Morgan fingerprint density at radius 1 is 1.19 bits per heavy atom. The summed E-state index contributed by atoms with van der Waals surface area (Å²) in [5.41, 5.74) is 2.65. The van der Waals surface area contributed by atoms with Crippen LogP contribution in [0.3, 0.4) is 0 Å². The number of carbonyl (C=O) groups is 1. The summed E-state index contributed by atoms with van der Waals surface area (Å²) in [6.45, 7) is 7.44. The van der Waals surface area contributed by atoms with Gasteiger partial charge in [-0.25, -0.2) is 27.1 Å². The Hall–Kier alpha value is -2.63. The van der Waals surface area contributed by atoms with E-state index in [1.54, 1.807) is 26.0 Å². The molecule has 36 heavy (non-hydrogen) atoms. The fourth-order valence-electron chi connectivity index (χ4n) is 4.37. The van der Waals surface area contributed by atoms with E-state index in [1.807, 2.05) is 13.8 Å². The van der Waals surface area contributed by atoms with Crippen molar-refractivity contribution >= 4 is 21.9 Å². The number of carboxylic acid groups (broad SMARTS) is 1. The van der Waals surface area contributed by atoms with Gasteiger partial charge in [0.1, 0.15) is 5.82 Å². The maximum atomic E-state index is 13.7. The Morgan fingerprint density at radius 3 is 2.36 bits per heavy atom. The molecule has 0 saturated carbocycles. The van der Waals surface area contributed by atoms with E-state index in [0.29, 0.717) is 36.2 Å². The van der Waals surface area contributed by atoms with Crippen LogP contribution in [-0.2, 0) is 30.7 Å². The maximum Gasteiger partial charge on any atom is 0.305 e. The van der Waals surface area contributed by atoms with Crippen molar-refractivity contribution in [2.75, 3.05) is 17.6 Å². The molecule has 2 heterocycles. The second-order valence-corrected chi connectivity index (χ2v) is 11.9. The Kier molecular flexibility index (Phi) is 8.37. The SMILES string of the molecule is CC(C)c1nc(N(C)S(C)(=O)=O)nc(-c2ccc(F)cc2)c1CC[C@@H]1C[C@H](CC(=O)O)OC(C)(C)O1. The molecule has 198 valence electrons. The van der Waals surface area contributed by atoms with Crippen molar-refractivity contribution in [3.8, 4) is 11.3 Å². The van der Waals surface area contributed by atoms with E-state index in [1.165, 1.54) is 19.2 Å². The lowest BCUT2D eigenvalue weighted by Gasteiger charge is -2.40. The molecule has 0 radical (unpaired) electrons. The lowest BCUT2D eigenvalue weighted by molar-refractivity contribution is -0.300. The number of anilines is 1. The third-order valence-corrected chi connectivity index (χ3v) is 7.17. The zero-order valence-corrected chi connectivity index (χ0v) is 22.3. The van der Waals surface area contributed by atoms with Gasteiger partial charge in [0.2, 0.25) is 16.0 Å². The summed E-state index contributed by atoms with van der Waals surface area (Å²) in [6.07, 6.45) is 1.68. The van der Waals surface area contributed by atoms with E-state index in [9.17, 15) is 22.7 Å². The Balaban J connectivity index is 2.03. The fraction of sp³-hybridized carbons (Fsp3) is 0.560. The van der Waals surface area contributed by atoms with Crippen LogP contribution in [0, 0.1) is 5.82 Å².